The summed E-state index contributed by atoms with van der Waals surface area (Å²) in [6.45, 7) is 0.653. The Kier molecular flexibility index (Phi) is 6.29. The van der Waals surface area contributed by atoms with Gasteiger partial charge < -0.3 is 10.2 Å². The Bertz CT molecular complexity index is 693. The van der Waals surface area contributed by atoms with Gasteiger partial charge in [-0.1, -0.05) is 41.9 Å². The predicted octanol–water partition coefficient (Wildman–Crippen LogP) is 2.21. The van der Waals surface area contributed by atoms with Gasteiger partial charge in [0.05, 0.1) is 10.7 Å². The third kappa shape index (κ3) is 4.39. The molecule has 1 aromatic rings. The number of hydrogen-bond donors (Lipinski definition) is 2. The molecule has 1 atom stereocenters. The molecule has 2 heterocycles. The van der Waals surface area contributed by atoms with E-state index in [9.17, 15) is 18.0 Å². The number of nitrogens with one attached hydrogen (secondary N) is 2. The molecule has 0 bridgehead atoms. The first-order valence-electron chi connectivity index (χ1n) is 8.85. The molecule has 0 aromatic heterocycles. The molecule has 1 aromatic carbocycles. The van der Waals surface area contributed by atoms with Gasteiger partial charge in [-0.3, -0.25) is 9.80 Å². The highest BCUT2D eigenvalue weighted by Crippen LogP contribution is 2.38. The van der Waals surface area contributed by atoms with E-state index in [4.69, 9.17) is 11.6 Å². The van der Waals surface area contributed by atoms with Crippen molar-refractivity contribution in [1.82, 2.24) is 20.7 Å². The molecule has 0 saturated carbocycles. The van der Waals surface area contributed by atoms with Crippen molar-refractivity contribution < 1.29 is 18.0 Å². The fourth-order valence-electron chi connectivity index (χ4n) is 3.24. The lowest BCUT2D eigenvalue weighted by Crippen LogP contribution is -2.51. The van der Waals surface area contributed by atoms with Crippen LogP contribution >= 0.6 is 11.6 Å². The average molecular weight is 403 g/mol. The minimum atomic E-state index is -3.68. The summed E-state index contributed by atoms with van der Waals surface area (Å²) in [6.07, 6.45) is 0.823. The van der Waals surface area contributed by atoms with Gasteiger partial charge in [-0.2, -0.15) is 0 Å². The highest BCUT2D eigenvalue weighted by molar-refractivity contribution is 6.33. The van der Waals surface area contributed by atoms with Crippen LogP contribution in [0.15, 0.2) is 35.4 Å². The lowest BCUT2D eigenvalue weighted by molar-refractivity contribution is -0.132. The molecule has 2 N–H and O–H groups in total. The smallest absolute Gasteiger partial charge is 0.297 e. The molecule has 0 spiro atoms. The highest BCUT2D eigenvalue weighted by atomic mass is 35.5. The molecule has 9 heteroatoms. The van der Waals surface area contributed by atoms with E-state index in [1.54, 1.807) is 35.2 Å². The number of benzene rings is 1. The van der Waals surface area contributed by atoms with Crippen LogP contribution in [-0.4, -0.2) is 67.2 Å². The van der Waals surface area contributed by atoms with Crippen LogP contribution in [0.2, 0.25) is 0 Å². The van der Waals surface area contributed by atoms with E-state index in [1.165, 1.54) is 5.01 Å². The van der Waals surface area contributed by atoms with Crippen molar-refractivity contribution in [2.45, 2.75) is 18.4 Å². The van der Waals surface area contributed by atoms with Gasteiger partial charge in [-0.15, -0.1) is 0 Å². The second-order valence-electron chi connectivity index (χ2n) is 6.59. The van der Waals surface area contributed by atoms with Crippen LogP contribution in [-0.2, 0) is 4.79 Å². The van der Waals surface area contributed by atoms with Crippen molar-refractivity contribution in [2.75, 3.05) is 39.4 Å². The van der Waals surface area contributed by atoms with Crippen molar-refractivity contribution in [3.8, 4) is 0 Å². The zero-order valence-corrected chi connectivity index (χ0v) is 15.5. The van der Waals surface area contributed by atoms with Gasteiger partial charge in [0.1, 0.15) is 12.6 Å². The number of rotatable bonds is 5. The number of hydrazine groups is 1. The third-order valence-electron chi connectivity index (χ3n) is 4.67. The first-order valence-corrected chi connectivity index (χ1v) is 9.23. The topological polar surface area (TPSA) is 47.6 Å². The monoisotopic (exact) mass is 402 g/mol. The number of amides is 1. The van der Waals surface area contributed by atoms with E-state index in [0.717, 1.165) is 13.0 Å². The minimum absolute atomic E-state index is 0.167. The summed E-state index contributed by atoms with van der Waals surface area (Å²) in [5, 5.41) is 4.32. The van der Waals surface area contributed by atoms with Gasteiger partial charge >= 0.3 is 0 Å². The van der Waals surface area contributed by atoms with E-state index in [0.29, 0.717) is 25.2 Å². The molecule has 3 rings (SSSR count). The molecule has 1 unspecified atom stereocenters. The standard InChI is InChI=1S/C18H22ClF3N4O/c19-15-16(13-5-2-1-3-6-13)26(24-17(15)18(21,22)12-20)11-14(27)25-9-4-7-23-8-10-25/h1-3,5-6,17,23-24H,4,7-12H2. The molecule has 1 fully saturated rings. The van der Waals surface area contributed by atoms with Gasteiger partial charge in [0.2, 0.25) is 5.91 Å². The van der Waals surface area contributed by atoms with E-state index in [-0.39, 0.29) is 23.2 Å². The van der Waals surface area contributed by atoms with E-state index < -0.39 is 18.6 Å². The zero-order chi connectivity index (χ0) is 19.4. The molecule has 1 saturated heterocycles. The minimum Gasteiger partial charge on any atom is -0.340 e. The number of alkyl halides is 3. The molecule has 2 aliphatic heterocycles. The number of carbonyl (C=O) groups is 1. The van der Waals surface area contributed by atoms with Crippen LogP contribution in [0.3, 0.4) is 0 Å². The summed E-state index contributed by atoms with van der Waals surface area (Å²) in [6, 6.07) is 6.98. The lowest BCUT2D eigenvalue weighted by Gasteiger charge is -2.28. The lowest BCUT2D eigenvalue weighted by atomic mass is 10.1. The fourth-order valence-corrected chi connectivity index (χ4v) is 3.66. The van der Waals surface area contributed by atoms with Crippen LogP contribution in [0.4, 0.5) is 13.2 Å². The molecule has 0 aliphatic carbocycles. The van der Waals surface area contributed by atoms with Crippen molar-refractivity contribution in [3.63, 3.8) is 0 Å². The summed E-state index contributed by atoms with van der Waals surface area (Å²) in [5.74, 6) is -3.88. The Balaban J connectivity index is 1.85. The third-order valence-corrected chi connectivity index (χ3v) is 5.07. The van der Waals surface area contributed by atoms with Crippen molar-refractivity contribution in [2.24, 2.45) is 0 Å². The first-order chi connectivity index (χ1) is 12.9. The van der Waals surface area contributed by atoms with Crippen LogP contribution < -0.4 is 10.7 Å². The van der Waals surface area contributed by atoms with Gasteiger partial charge in [0.25, 0.3) is 5.92 Å². The van der Waals surface area contributed by atoms with Gasteiger partial charge in [0.15, 0.2) is 6.67 Å². The summed E-state index contributed by atoms with van der Waals surface area (Å²) in [4.78, 5) is 14.4. The fraction of sp³-hybridized carbons (Fsp3) is 0.500. The second kappa shape index (κ2) is 8.50. The molecular weight excluding hydrogens is 381 g/mol. The van der Waals surface area contributed by atoms with E-state index >= 15 is 0 Å². The maximum absolute atomic E-state index is 14.0. The summed E-state index contributed by atoms with van der Waals surface area (Å²) in [5.41, 5.74) is 3.40. The van der Waals surface area contributed by atoms with Crippen molar-refractivity contribution in [1.29, 1.82) is 0 Å². The Hall–Kier alpha value is -1.77. The van der Waals surface area contributed by atoms with E-state index in [1.807, 2.05) is 0 Å². The summed E-state index contributed by atoms with van der Waals surface area (Å²) in [7, 11) is 0. The number of halogens is 4. The van der Waals surface area contributed by atoms with Gasteiger partial charge in [-0.25, -0.2) is 18.6 Å². The van der Waals surface area contributed by atoms with Gasteiger partial charge in [-0.05, 0) is 13.0 Å². The van der Waals surface area contributed by atoms with Crippen LogP contribution in [0, 0.1) is 0 Å². The molecule has 0 radical (unpaired) electrons. The van der Waals surface area contributed by atoms with E-state index in [2.05, 4.69) is 10.7 Å². The van der Waals surface area contributed by atoms with Crippen LogP contribution in [0.5, 0.6) is 0 Å². The maximum Gasteiger partial charge on any atom is 0.297 e. The number of hydrogen-bond acceptors (Lipinski definition) is 4. The Morgan fingerprint density at radius 3 is 2.67 bits per heavy atom. The Morgan fingerprint density at radius 2 is 1.96 bits per heavy atom. The van der Waals surface area contributed by atoms with Crippen molar-refractivity contribution >= 4 is 23.2 Å². The largest absolute Gasteiger partial charge is 0.340 e. The summed E-state index contributed by atoms with van der Waals surface area (Å²) >= 11 is 6.23. The average Bonchev–Trinajstić information content (AvgIpc) is 2.85. The van der Waals surface area contributed by atoms with Crippen molar-refractivity contribution in [3.05, 3.63) is 40.9 Å². The molecule has 148 valence electrons. The van der Waals surface area contributed by atoms with Gasteiger partial charge in [0, 0.05) is 25.2 Å². The Labute approximate surface area is 161 Å². The molecule has 1 amide bonds. The zero-order valence-electron chi connectivity index (χ0n) is 14.7. The Morgan fingerprint density at radius 1 is 1.22 bits per heavy atom. The molecular formula is C18H22ClF3N4O. The molecule has 5 nitrogen and oxygen atoms in total. The van der Waals surface area contributed by atoms with Crippen LogP contribution in [0.25, 0.3) is 5.70 Å². The van der Waals surface area contributed by atoms with Crippen LogP contribution in [0.1, 0.15) is 12.0 Å². The molecule has 27 heavy (non-hydrogen) atoms. The normalized spacial score (nSPS) is 21.6. The molecule has 2 aliphatic rings. The SMILES string of the molecule is O=C(CN1NC(C(F)(F)CF)C(Cl)=C1c1ccccc1)N1CCCNCC1. The number of nitrogens with zero attached hydrogens (tertiary/aromatic N) is 2. The highest BCUT2D eigenvalue weighted by Gasteiger charge is 2.48. The quantitative estimate of drug-likeness (QED) is 0.793. The first kappa shape index (κ1) is 20.0. The second-order valence-corrected chi connectivity index (χ2v) is 7.00. The maximum atomic E-state index is 14.0. The number of carbonyl (C=O) groups excluding carboxylic acids is 1. The summed E-state index contributed by atoms with van der Waals surface area (Å²) < 4.78 is 40.9. The predicted molar refractivity (Wildman–Crippen MR) is 97.8 cm³/mol.